The average molecular weight is 467 g/mol. The molecule has 1 amide bonds. The number of rotatable bonds is 11. The van der Waals surface area contributed by atoms with Gasteiger partial charge in [0.15, 0.2) is 5.16 Å². The number of hydrogen-bond donors (Lipinski definition) is 1. The van der Waals surface area contributed by atoms with Gasteiger partial charge in [-0.2, -0.15) is 0 Å². The van der Waals surface area contributed by atoms with Crippen molar-refractivity contribution in [1.82, 2.24) is 20.1 Å². The lowest BCUT2D eigenvalue weighted by atomic mass is 10.0. The molecule has 0 saturated carbocycles. The van der Waals surface area contributed by atoms with Crippen LogP contribution in [0.15, 0.2) is 59.8 Å². The minimum absolute atomic E-state index is 0.0335. The van der Waals surface area contributed by atoms with Gasteiger partial charge >= 0.3 is 5.97 Å². The largest absolute Gasteiger partial charge is 0.466 e. The summed E-state index contributed by atoms with van der Waals surface area (Å²) in [4.78, 5) is 24.7. The molecule has 1 unspecified atom stereocenters. The molecule has 0 fully saturated rings. The number of aryl methyl sites for hydroxylation is 1. The molecule has 0 bridgehead atoms. The van der Waals surface area contributed by atoms with Crippen molar-refractivity contribution >= 4 is 23.6 Å². The minimum atomic E-state index is -0.350. The van der Waals surface area contributed by atoms with Gasteiger partial charge in [0.2, 0.25) is 5.91 Å². The van der Waals surface area contributed by atoms with E-state index in [1.54, 1.807) is 6.92 Å². The van der Waals surface area contributed by atoms with Crippen molar-refractivity contribution in [2.24, 2.45) is 0 Å². The number of nitrogens with one attached hydrogen (secondary N) is 1. The lowest BCUT2D eigenvalue weighted by Crippen LogP contribution is -2.29. The van der Waals surface area contributed by atoms with E-state index in [1.807, 2.05) is 41.8 Å². The predicted octanol–water partition coefficient (Wildman–Crippen LogP) is 4.10. The van der Waals surface area contributed by atoms with E-state index >= 15 is 0 Å². The van der Waals surface area contributed by atoms with Gasteiger partial charge in [0.05, 0.1) is 24.9 Å². The van der Waals surface area contributed by atoms with Gasteiger partial charge in [-0.05, 0) is 31.4 Å². The molecule has 3 aromatic rings. The van der Waals surface area contributed by atoms with Gasteiger partial charge in [-0.25, -0.2) is 0 Å². The van der Waals surface area contributed by atoms with E-state index in [-0.39, 0.29) is 30.1 Å². The molecule has 0 aliphatic rings. The molecule has 33 heavy (non-hydrogen) atoms. The molecule has 1 atom stereocenters. The van der Waals surface area contributed by atoms with Gasteiger partial charge in [0, 0.05) is 0 Å². The fourth-order valence-electron chi connectivity index (χ4n) is 3.41. The van der Waals surface area contributed by atoms with E-state index in [4.69, 9.17) is 4.74 Å². The number of aromatic nitrogens is 3. The maximum absolute atomic E-state index is 12.7. The second kappa shape index (κ2) is 12.2. The summed E-state index contributed by atoms with van der Waals surface area (Å²) in [6.45, 7) is 6.69. The molecule has 1 heterocycles. The standard InChI is InChI=1S/C25H30N4O3S/c1-4-21(20-13-11-18(3)12-14-20)26-23(30)17-33-25-28-27-22(15-24(31)32-5-2)29(25)16-19-9-7-6-8-10-19/h6-14,21H,4-5,15-17H2,1-3H3,(H,26,30). The van der Waals surface area contributed by atoms with Crippen LogP contribution in [0.25, 0.3) is 0 Å². The van der Waals surface area contributed by atoms with Gasteiger partial charge < -0.3 is 14.6 Å². The number of carbonyl (C=O) groups excluding carboxylic acids is 2. The monoisotopic (exact) mass is 466 g/mol. The highest BCUT2D eigenvalue weighted by atomic mass is 32.2. The van der Waals surface area contributed by atoms with Crippen LogP contribution in [0.2, 0.25) is 0 Å². The van der Waals surface area contributed by atoms with Crippen LogP contribution in [0.1, 0.15) is 48.8 Å². The Hall–Kier alpha value is -3.13. The van der Waals surface area contributed by atoms with Gasteiger partial charge in [-0.3, -0.25) is 9.59 Å². The first-order chi connectivity index (χ1) is 16.0. The summed E-state index contributed by atoms with van der Waals surface area (Å²) in [5, 5.41) is 12.2. The molecule has 0 spiro atoms. The molecular formula is C25H30N4O3S. The number of amides is 1. The summed E-state index contributed by atoms with van der Waals surface area (Å²) in [6, 6.07) is 18.0. The van der Waals surface area contributed by atoms with Crippen LogP contribution in [0.4, 0.5) is 0 Å². The summed E-state index contributed by atoms with van der Waals surface area (Å²) < 4.78 is 6.95. The quantitative estimate of drug-likeness (QED) is 0.338. The van der Waals surface area contributed by atoms with Crippen LogP contribution >= 0.6 is 11.8 Å². The number of esters is 1. The van der Waals surface area contributed by atoms with E-state index in [1.165, 1.54) is 17.3 Å². The zero-order chi connectivity index (χ0) is 23.6. The Morgan fingerprint density at radius 2 is 1.79 bits per heavy atom. The third-order valence-corrected chi connectivity index (χ3v) is 6.11. The number of nitrogens with zero attached hydrogens (tertiary/aromatic N) is 3. The van der Waals surface area contributed by atoms with Gasteiger partial charge in [0.25, 0.3) is 0 Å². The molecule has 0 radical (unpaired) electrons. The van der Waals surface area contributed by atoms with E-state index in [0.29, 0.717) is 24.1 Å². The van der Waals surface area contributed by atoms with Crippen LogP contribution in [0.3, 0.4) is 0 Å². The zero-order valence-corrected chi connectivity index (χ0v) is 20.1. The van der Waals surface area contributed by atoms with E-state index in [0.717, 1.165) is 17.5 Å². The van der Waals surface area contributed by atoms with Crippen LogP contribution in [-0.4, -0.2) is 39.0 Å². The molecule has 174 valence electrons. The molecule has 0 aliphatic carbocycles. The van der Waals surface area contributed by atoms with Crippen LogP contribution < -0.4 is 5.32 Å². The van der Waals surface area contributed by atoms with Gasteiger partial charge in [-0.15, -0.1) is 10.2 Å². The maximum atomic E-state index is 12.7. The SMILES string of the molecule is CCOC(=O)Cc1nnc(SCC(=O)NC(CC)c2ccc(C)cc2)n1Cc1ccccc1. The lowest BCUT2D eigenvalue weighted by molar-refractivity contribution is -0.142. The van der Waals surface area contributed by atoms with Crippen molar-refractivity contribution in [1.29, 1.82) is 0 Å². The minimum Gasteiger partial charge on any atom is -0.466 e. The van der Waals surface area contributed by atoms with Crippen molar-refractivity contribution in [3.8, 4) is 0 Å². The van der Waals surface area contributed by atoms with E-state index in [2.05, 4.69) is 46.7 Å². The van der Waals surface area contributed by atoms with Crippen molar-refractivity contribution in [2.45, 2.75) is 51.4 Å². The number of hydrogen-bond acceptors (Lipinski definition) is 6. The maximum Gasteiger partial charge on any atom is 0.313 e. The highest BCUT2D eigenvalue weighted by Gasteiger charge is 2.19. The van der Waals surface area contributed by atoms with Crippen molar-refractivity contribution in [3.05, 3.63) is 77.1 Å². The molecule has 0 aliphatic heterocycles. The topological polar surface area (TPSA) is 86.1 Å². The van der Waals surface area contributed by atoms with E-state index < -0.39 is 0 Å². The summed E-state index contributed by atoms with van der Waals surface area (Å²) in [5.74, 6) is 0.298. The van der Waals surface area contributed by atoms with Crippen molar-refractivity contribution in [3.63, 3.8) is 0 Å². The summed E-state index contributed by atoms with van der Waals surface area (Å²) >= 11 is 1.31. The van der Waals surface area contributed by atoms with Gasteiger partial charge in [-0.1, -0.05) is 78.8 Å². The fourth-order valence-corrected chi connectivity index (χ4v) is 4.18. The average Bonchev–Trinajstić information content (AvgIpc) is 3.18. The first-order valence-corrected chi connectivity index (χ1v) is 12.1. The lowest BCUT2D eigenvalue weighted by Gasteiger charge is -2.17. The van der Waals surface area contributed by atoms with Crippen molar-refractivity contribution in [2.75, 3.05) is 12.4 Å². The number of benzene rings is 2. The Balaban J connectivity index is 1.69. The highest BCUT2D eigenvalue weighted by molar-refractivity contribution is 7.99. The summed E-state index contributed by atoms with van der Waals surface area (Å²) in [6.07, 6.45) is 0.832. The molecule has 0 saturated heterocycles. The first-order valence-electron chi connectivity index (χ1n) is 11.1. The Labute approximate surface area is 198 Å². The smallest absolute Gasteiger partial charge is 0.313 e. The molecule has 1 aromatic heterocycles. The number of ether oxygens (including phenoxy) is 1. The van der Waals surface area contributed by atoms with Crippen LogP contribution in [-0.2, 0) is 27.3 Å². The highest BCUT2D eigenvalue weighted by Crippen LogP contribution is 2.21. The van der Waals surface area contributed by atoms with Crippen LogP contribution in [0, 0.1) is 6.92 Å². The van der Waals surface area contributed by atoms with Crippen molar-refractivity contribution < 1.29 is 14.3 Å². The molecule has 3 rings (SSSR count). The molecule has 8 heteroatoms. The first kappa shape index (κ1) is 24.5. The van der Waals surface area contributed by atoms with Gasteiger partial charge in [0.1, 0.15) is 12.2 Å². The Bertz CT molecular complexity index is 1050. The number of thioether (sulfide) groups is 1. The normalized spacial score (nSPS) is 11.7. The third kappa shape index (κ3) is 7.18. The Morgan fingerprint density at radius 1 is 1.06 bits per heavy atom. The zero-order valence-electron chi connectivity index (χ0n) is 19.3. The Morgan fingerprint density at radius 3 is 2.45 bits per heavy atom. The second-order valence-electron chi connectivity index (χ2n) is 7.68. The second-order valence-corrected chi connectivity index (χ2v) is 8.62. The predicted molar refractivity (Wildman–Crippen MR) is 129 cm³/mol. The summed E-state index contributed by atoms with van der Waals surface area (Å²) in [7, 11) is 0. The van der Waals surface area contributed by atoms with Crippen LogP contribution in [0.5, 0.6) is 0 Å². The molecule has 2 aromatic carbocycles. The molecular weight excluding hydrogens is 436 g/mol. The number of carbonyl (C=O) groups is 2. The molecule has 1 N–H and O–H groups in total. The fraction of sp³-hybridized carbons (Fsp3) is 0.360. The third-order valence-electron chi connectivity index (χ3n) is 5.14. The van der Waals surface area contributed by atoms with E-state index in [9.17, 15) is 9.59 Å². The summed E-state index contributed by atoms with van der Waals surface area (Å²) in [5.41, 5.74) is 3.33. The molecule has 7 nitrogen and oxygen atoms in total. The Kier molecular flexibility index (Phi) is 9.06.